The van der Waals surface area contributed by atoms with Gasteiger partial charge in [-0.05, 0) is 48.2 Å². The Balaban J connectivity index is 1.46. The van der Waals surface area contributed by atoms with Crippen LogP contribution in [0.3, 0.4) is 0 Å². The van der Waals surface area contributed by atoms with Gasteiger partial charge in [0.2, 0.25) is 0 Å². The highest BCUT2D eigenvalue weighted by Crippen LogP contribution is 2.38. The van der Waals surface area contributed by atoms with Crippen LogP contribution in [0.1, 0.15) is 11.1 Å². The van der Waals surface area contributed by atoms with Crippen molar-refractivity contribution >= 4 is 17.6 Å². The van der Waals surface area contributed by atoms with Crippen LogP contribution in [-0.4, -0.2) is 53.5 Å². The number of benzene rings is 2. The number of methoxy groups -OCH3 is 2. The molecule has 0 saturated heterocycles. The van der Waals surface area contributed by atoms with Gasteiger partial charge < -0.3 is 29.6 Å². The van der Waals surface area contributed by atoms with E-state index in [0.29, 0.717) is 36.3 Å². The molecule has 2 aromatic rings. The van der Waals surface area contributed by atoms with Gasteiger partial charge in [-0.25, -0.2) is 0 Å². The molecule has 0 saturated carbocycles. The van der Waals surface area contributed by atoms with Gasteiger partial charge in [-0.15, -0.1) is 0 Å². The van der Waals surface area contributed by atoms with Crippen molar-refractivity contribution in [2.24, 2.45) is 4.99 Å². The summed E-state index contributed by atoms with van der Waals surface area (Å²) in [5, 5.41) is 7.23. The minimum Gasteiger partial charge on any atom is -0.493 e. The largest absolute Gasteiger partial charge is 0.493 e. The molecule has 0 amide bonds. The van der Waals surface area contributed by atoms with E-state index in [0.717, 1.165) is 48.0 Å². The molecule has 8 heteroatoms. The van der Waals surface area contributed by atoms with Gasteiger partial charge in [-0.1, -0.05) is 17.7 Å². The van der Waals surface area contributed by atoms with Gasteiger partial charge in [-0.2, -0.15) is 0 Å². The molecule has 3 rings (SSSR count). The average Bonchev–Trinajstić information content (AvgIpc) is 2.78. The van der Waals surface area contributed by atoms with Crippen molar-refractivity contribution in [1.29, 1.82) is 0 Å². The second-order valence-corrected chi connectivity index (χ2v) is 7.12. The lowest BCUT2D eigenvalue weighted by molar-refractivity contribution is 0.171. The highest BCUT2D eigenvalue weighted by atomic mass is 35.5. The molecule has 1 aliphatic rings. The van der Waals surface area contributed by atoms with Gasteiger partial charge in [0.15, 0.2) is 29.0 Å². The Labute approximate surface area is 182 Å². The Kier molecular flexibility index (Phi) is 7.90. The molecule has 0 radical (unpaired) electrons. The van der Waals surface area contributed by atoms with E-state index >= 15 is 0 Å². The molecule has 1 heterocycles. The third-order valence-corrected chi connectivity index (χ3v) is 5.02. The number of nitrogens with zero attached hydrogens (tertiary/aromatic N) is 1. The summed E-state index contributed by atoms with van der Waals surface area (Å²) in [7, 11) is 5.03. The fourth-order valence-electron chi connectivity index (χ4n) is 3.22. The van der Waals surface area contributed by atoms with E-state index in [2.05, 4.69) is 15.6 Å². The van der Waals surface area contributed by atoms with Crippen LogP contribution in [0.15, 0.2) is 35.3 Å². The molecular weight excluding hydrogens is 406 g/mol. The van der Waals surface area contributed by atoms with Crippen molar-refractivity contribution in [2.75, 3.05) is 47.6 Å². The maximum Gasteiger partial charge on any atom is 0.190 e. The van der Waals surface area contributed by atoms with Crippen LogP contribution < -0.4 is 29.6 Å². The predicted molar refractivity (Wildman–Crippen MR) is 119 cm³/mol. The van der Waals surface area contributed by atoms with E-state index < -0.39 is 0 Å². The molecule has 0 aliphatic carbocycles. The number of hydrogen-bond acceptors (Lipinski definition) is 5. The number of hydrogen-bond donors (Lipinski definition) is 2. The van der Waals surface area contributed by atoms with Crippen molar-refractivity contribution in [3.05, 3.63) is 46.5 Å². The SMILES string of the molecule is CN=C(NCCc1ccc(OC)c(OC)c1)NCCc1cc(Cl)c2c(c1)OCCO2. The van der Waals surface area contributed by atoms with Crippen LogP contribution >= 0.6 is 11.6 Å². The maximum absolute atomic E-state index is 6.31. The monoisotopic (exact) mass is 433 g/mol. The van der Waals surface area contributed by atoms with Gasteiger partial charge >= 0.3 is 0 Å². The van der Waals surface area contributed by atoms with Gasteiger partial charge in [0.1, 0.15) is 13.2 Å². The summed E-state index contributed by atoms with van der Waals surface area (Å²) in [6.45, 7) is 2.53. The molecule has 0 unspecified atom stereocenters. The molecule has 30 heavy (non-hydrogen) atoms. The number of nitrogens with one attached hydrogen (secondary N) is 2. The van der Waals surface area contributed by atoms with Crippen molar-refractivity contribution in [2.45, 2.75) is 12.8 Å². The fourth-order valence-corrected chi connectivity index (χ4v) is 3.50. The predicted octanol–water partition coefficient (Wildman–Crippen LogP) is 3.08. The molecule has 0 bridgehead atoms. The lowest BCUT2D eigenvalue weighted by atomic mass is 10.1. The van der Waals surface area contributed by atoms with Crippen LogP contribution in [0.25, 0.3) is 0 Å². The van der Waals surface area contributed by atoms with Crippen LogP contribution in [0.5, 0.6) is 23.0 Å². The summed E-state index contributed by atoms with van der Waals surface area (Å²) in [5.41, 5.74) is 2.24. The zero-order valence-corrected chi connectivity index (χ0v) is 18.3. The van der Waals surface area contributed by atoms with E-state index in [4.69, 9.17) is 30.5 Å². The van der Waals surface area contributed by atoms with Gasteiger partial charge in [0.25, 0.3) is 0 Å². The molecule has 7 nitrogen and oxygen atoms in total. The van der Waals surface area contributed by atoms with Crippen molar-refractivity contribution < 1.29 is 18.9 Å². The number of aliphatic imine (C=N–C) groups is 1. The van der Waals surface area contributed by atoms with Crippen LogP contribution in [0.4, 0.5) is 0 Å². The van der Waals surface area contributed by atoms with E-state index in [9.17, 15) is 0 Å². The normalized spacial score (nSPS) is 13.0. The summed E-state index contributed by atoms with van der Waals surface area (Å²) < 4.78 is 21.8. The number of guanidine groups is 1. The molecule has 162 valence electrons. The van der Waals surface area contributed by atoms with E-state index in [-0.39, 0.29) is 0 Å². The maximum atomic E-state index is 6.31. The van der Waals surface area contributed by atoms with E-state index in [1.165, 1.54) is 0 Å². The van der Waals surface area contributed by atoms with Crippen molar-refractivity contribution in [3.63, 3.8) is 0 Å². The number of halogens is 1. The van der Waals surface area contributed by atoms with Crippen molar-refractivity contribution in [1.82, 2.24) is 10.6 Å². The topological polar surface area (TPSA) is 73.3 Å². The fraction of sp³-hybridized carbons (Fsp3) is 0.409. The lowest BCUT2D eigenvalue weighted by Gasteiger charge is -2.20. The minimum atomic E-state index is 0.527. The Morgan fingerprint density at radius 1 is 0.967 bits per heavy atom. The first-order valence-electron chi connectivity index (χ1n) is 9.88. The van der Waals surface area contributed by atoms with E-state index in [1.807, 2.05) is 30.3 Å². The molecule has 0 atom stereocenters. The highest BCUT2D eigenvalue weighted by Gasteiger charge is 2.16. The first-order valence-corrected chi connectivity index (χ1v) is 10.3. The Hall–Kier alpha value is -2.80. The second-order valence-electron chi connectivity index (χ2n) is 6.72. The number of ether oxygens (including phenoxy) is 4. The van der Waals surface area contributed by atoms with Crippen LogP contribution in [0, 0.1) is 0 Å². The van der Waals surface area contributed by atoms with Gasteiger partial charge in [0, 0.05) is 20.1 Å². The molecule has 0 spiro atoms. The molecule has 2 N–H and O–H groups in total. The summed E-state index contributed by atoms with van der Waals surface area (Å²) in [6, 6.07) is 9.84. The van der Waals surface area contributed by atoms with E-state index in [1.54, 1.807) is 21.3 Å². The lowest BCUT2D eigenvalue weighted by Crippen LogP contribution is -2.39. The smallest absolute Gasteiger partial charge is 0.190 e. The van der Waals surface area contributed by atoms with Crippen LogP contribution in [-0.2, 0) is 12.8 Å². The Morgan fingerprint density at radius 3 is 2.37 bits per heavy atom. The minimum absolute atomic E-state index is 0.527. The quantitative estimate of drug-likeness (QED) is 0.492. The second kappa shape index (κ2) is 10.8. The Morgan fingerprint density at radius 2 is 1.67 bits per heavy atom. The molecule has 0 fully saturated rings. The number of rotatable bonds is 8. The summed E-state index contributed by atoms with van der Waals surface area (Å²) in [5.74, 6) is 3.55. The zero-order chi connectivity index (χ0) is 21.3. The van der Waals surface area contributed by atoms with Crippen molar-refractivity contribution in [3.8, 4) is 23.0 Å². The van der Waals surface area contributed by atoms with Gasteiger partial charge in [0.05, 0.1) is 19.2 Å². The summed E-state index contributed by atoms with van der Waals surface area (Å²) in [4.78, 5) is 4.28. The molecule has 1 aliphatic heterocycles. The zero-order valence-electron chi connectivity index (χ0n) is 17.6. The molecular formula is C22H28ClN3O4. The first-order chi connectivity index (χ1) is 14.6. The highest BCUT2D eigenvalue weighted by molar-refractivity contribution is 6.32. The van der Waals surface area contributed by atoms with Gasteiger partial charge in [-0.3, -0.25) is 4.99 Å². The average molecular weight is 434 g/mol. The van der Waals surface area contributed by atoms with Crippen LogP contribution in [0.2, 0.25) is 5.02 Å². The molecule has 2 aromatic carbocycles. The third-order valence-electron chi connectivity index (χ3n) is 4.74. The first kappa shape index (κ1) is 21.9. The molecule has 0 aromatic heterocycles. The standard InChI is InChI=1S/C22H28ClN3O4/c1-24-22(25-8-6-15-4-5-18(27-2)19(13-15)28-3)26-9-7-16-12-17(23)21-20(14-16)29-10-11-30-21/h4-5,12-14H,6-11H2,1-3H3,(H2,24,25,26). The number of fused-ring (bicyclic) bond motifs is 1. The summed E-state index contributed by atoms with van der Waals surface area (Å²) >= 11 is 6.31. The summed E-state index contributed by atoms with van der Waals surface area (Å²) in [6.07, 6.45) is 1.62. The Bertz CT molecular complexity index is 889. The third kappa shape index (κ3) is 5.63.